The van der Waals surface area contributed by atoms with Crippen molar-refractivity contribution in [3.8, 4) is 0 Å². The number of fused-ring (bicyclic) bond motifs is 5. The molecule has 3 saturated carbocycles. The summed E-state index contributed by atoms with van der Waals surface area (Å²) in [6.07, 6.45) is 16.6. The smallest absolute Gasteiger partial charge is 0.302 e. The molecule has 0 aromatic rings. The molecule has 4 rings (SSSR count). The zero-order chi connectivity index (χ0) is 25.1. The Morgan fingerprint density at radius 1 is 1.06 bits per heavy atom. The number of hydrogen-bond donors (Lipinski definition) is 0. The average Bonchev–Trinajstić information content (AvgIpc) is 3.01. The third-order valence-electron chi connectivity index (χ3n) is 12.0. The van der Waals surface area contributed by atoms with E-state index in [1.807, 2.05) is 5.57 Å². The van der Waals surface area contributed by atoms with E-state index in [2.05, 4.69) is 67.5 Å². The quantitative estimate of drug-likeness (QED) is 0.297. The van der Waals surface area contributed by atoms with E-state index in [9.17, 15) is 4.79 Å². The first-order valence-electron chi connectivity index (χ1n) is 14.3. The molecule has 3 fully saturated rings. The number of esters is 1. The van der Waals surface area contributed by atoms with Crippen LogP contribution in [-0.2, 0) is 9.53 Å². The van der Waals surface area contributed by atoms with Gasteiger partial charge in [0.2, 0.25) is 0 Å². The minimum absolute atomic E-state index is 0.0278. The maximum atomic E-state index is 11.8. The summed E-state index contributed by atoms with van der Waals surface area (Å²) in [5.41, 5.74) is 4.39. The fourth-order valence-corrected chi connectivity index (χ4v) is 9.89. The van der Waals surface area contributed by atoms with E-state index < -0.39 is 0 Å². The number of ether oxygens (including phenoxy) is 1. The van der Waals surface area contributed by atoms with Crippen molar-refractivity contribution in [2.45, 2.75) is 126 Å². The summed E-state index contributed by atoms with van der Waals surface area (Å²) in [5, 5.41) is 0. The van der Waals surface area contributed by atoms with Crippen molar-refractivity contribution in [1.29, 1.82) is 0 Å². The van der Waals surface area contributed by atoms with Gasteiger partial charge in [0.25, 0.3) is 0 Å². The largest absolute Gasteiger partial charge is 0.462 e. The molecule has 4 aliphatic carbocycles. The SMILES string of the molecule is CC(=O)OC1CCC2(C)C3CCC4(C)C(C(C)CCC=C(C)C)CCC4(C)C3=CCC2C1(C)C. The summed E-state index contributed by atoms with van der Waals surface area (Å²) >= 11 is 0. The van der Waals surface area contributed by atoms with E-state index >= 15 is 0 Å². The fourth-order valence-electron chi connectivity index (χ4n) is 9.89. The lowest BCUT2D eigenvalue weighted by Crippen LogP contribution is -2.58. The first-order valence-corrected chi connectivity index (χ1v) is 14.3. The van der Waals surface area contributed by atoms with Crippen LogP contribution in [0.1, 0.15) is 120 Å². The Labute approximate surface area is 210 Å². The summed E-state index contributed by atoms with van der Waals surface area (Å²) in [6.45, 7) is 21.2. The second-order valence-electron chi connectivity index (χ2n) is 14.2. The standard InChI is InChI=1S/C32H52O2/c1-21(2)11-10-12-22(3)24-15-19-32(9)26-13-14-27-29(5,6)28(34-23(4)33)17-18-30(27,7)25(26)16-20-31(24,32)8/h11,13,22,24-25,27-28H,10,12,14-20H2,1-9H3. The van der Waals surface area contributed by atoms with Gasteiger partial charge in [0, 0.05) is 12.3 Å². The zero-order valence-electron chi connectivity index (χ0n) is 23.7. The molecule has 34 heavy (non-hydrogen) atoms. The normalized spacial score (nSPS) is 43.6. The van der Waals surface area contributed by atoms with E-state index in [1.165, 1.54) is 50.5 Å². The molecule has 0 aromatic heterocycles. The first kappa shape index (κ1) is 26.0. The van der Waals surface area contributed by atoms with Crippen LogP contribution in [0.5, 0.6) is 0 Å². The predicted molar refractivity (Wildman–Crippen MR) is 142 cm³/mol. The lowest BCUT2D eigenvalue weighted by atomic mass is 9.41. The summed E-state index contributed by atoms with van der Waals surface area (Å²) in [7, 11) is 0. The Morgan fingerprint density at radius 3 is 2.41 bits per heavy atom. The Balaban J connectivity index is 1.61. The van der Waals surface area contributed by atoms with Crippen LogP contribution in [0.15, 0.2) is 23.3 Å². The molecule has 0 heterocycles. The van der Waals surface area contributed by atoms with Crippen LogP contribution in [0.2, 0.25) is 0 Å². The molecule has 0 saturated heterocycles. The van der Waals surface area contributed by atoms with E-state index in [1.54, 1.807) is 6.92 Å². The molecule has 0 bridgehead atoms. The fraction of sp³-hybridized carbons (Fsp3) is 0.844. The Bertz CT molecular complexity index is 860. The summed E-state index contributed by atoms with van der Waals surface area (Å²) in [4.78, 5) is 11.8. The molecule has 0 aromatic carbocycles. The van der Waals surface area contributed by atoms with Gasteiger partial charge in [0.15, 0.2) is 0 Å². The first-order chi connectivity index (χ1) is 15.8. The number of hydrogen-bond acceptors (Lipinski definition) is 2. The van der Waals surface area contributed by atoms with Gasteiger partial charge in [0.1, 0.15) is 6.10 Å². The lowest BCUT2D eigenvalue weighted by Gasteiger charge is -2.64. The maximum absolute atomic E-state index is 11.8. The van der Waals surface area contributed by atoms with Gasteiger partial charge in [-0.1, -0.05) is 64.8 Å². The molecule has 0 aliphatic heterocycles. The highest BCUT2D eigenvalue weighted by Gasteiger charge is 2.65. The molecule has 192 valence electrons. The van der Waals surface area contributed by atoms with Gasteiger partial charge in [-0.15, -0.1) is 0 Å². The molecule has 8 atom stereocenters. The molecule has 0 radical (unpaired) electrons. The van der Waals surface area contributed by atoms with E-state index in [0.29, 0.717) is 28.1 Å². The van der Waals surface area contributed by atoms with Gasteiger partial charge >= 0.3 is 5.97 Å². The van der Waals surface area contributed by atoms with Crippen molar-refractivity contribution in [3.63, 3.8) is 0 Å². The molecule has 4 aliphatic rings. The summed E-state index contributed by atoms with van der Waals surface area (Å²) in [5.74, 6) is 2.79. The maximum Gasteiger partial charge on any atom is 0.302 e. The Hall–Kier alpha value is -1.05. The molecule has 8 unspecified atom stereocenters. The van der Waals surface area contributed by atoms with Crippen LogP contribution in [-0.4, -0.2) is 12.1 Å². The topological polar surface area (TPSA) is 26.3 Å². The molecular weight excluding hydrogens is 416 g/mol. The van der Waals surface area contributed by atoms with Crippen molar-refractivity contribution in [3.05, 3.63) is 23.3 Å². The molecule has 0 N–H and O–H groups in total. The zero-order valence-corrected chi connectivity index (χ0v) is 23.7. The highest BCUT2D eigenvalue weighted by atomic mass is 16.5. The highest BCUT2D eigenvalue weighted by Crippen LogP contribution is 2.73. The van der Waals surface area contributed by atoms with Gasteiger partial charge in [0.05, 0.1) is 0 Å². The lowest BCUT2D eigenvalue weighted by molar-refractivity contribution is -0.174. The molecular formula is C32H52O2. The van der Waals surface area contributed by atoms with Gasteiger partial charge in [-0.25, -0.2) is 0 Å². The molecule has 2 heteroatoms. The monoisotopic (exact) mass is 468 g/mol. The summed E-state index contributed by atoms with van der Waals surface area (Å²) < 4.78 is 5.87. The van der Waals surface area contributed by atoms with Gasteiger partial charge in [-0.2, -0.15) is 0 Å². The van der Waals surface area contributed by atoms with Gasteiger partial charge in [-0.05, 0) is 112 Å². The van der Waals surface area contributed by atoms with Crippen molar-refractivity contribution < 1.29 is 9.53 Å². The molecule has 0 amide bonds. The average molecular weight is 469 g/mol. The second kappa shape index (κ2) is 8.81. The minimum Gasteiger partial charge on any atom is -0.462 e. The van der Waals surface area contributed by atoms with Crippen LogP contribution in [0.3, 0.4) is 0 Å². The van der Waals surface area contributed by atoms with Gasteiger partial charge in [-0.3, -0.25) is 4.79 Å². The van der Waals surface area contributed by atoms with Crippen molar-refractivity contribution in [2.24, 2.45) is 45.3 Å². The van der Waals surface area contributed by atoms with Crippen molar-refractivity contribution in [2.75, 3.05) is 0 Å². The van der Waals surface area contributed by atoms with Crippen LogP contribution in [0.4, 0.5) is 0 Å². The third kappa shape index (κ3) is 3.85. The predicted octanol–water partition coefficient (Wildman–Crippen LogP) is 8.91. The van der Waals surface area contributed by atoms with Crippen LogP contribution >= 0.6 is 0 Å². The Kier molecular flexibility index (Phi) is 6.74. The minimum atomic E-state index is -0.120. The summed E-state index contributed by atoms with van der Waals surface area (Å²) in [6, 6.07) is 0. The Morgan fingerprint density at radius 2 is 1.76 bits per heavy atom. The number of carbonyl (C=O) groups is 1. The van der Waals surface area contributed by atoms with Crippen molar-refractivity contribution >= 4 is 5.97 Å². The van der Waals surface area contributed by atoms with Gasteiger partial charge < -0.3 is 4.74 Å². The second-order valence-corrected chi connectivity index (χ2v) is 14.2. The van der Waals surface area contributed by atoms with Crippen LogP contribution < -0.4 is 0 Å². The van der Waals surface area contributed by atoms with Crippen LogP contribution in [0.25, 0.3) is 0 Å². The number of rotatable bonds is 5. The number of allylic oxidation sites excluding steroid dienone is 4. The molecule has 0 spiro atoms. The molecule has 2 nitrogen and oxygen atoms in total. The van der Waals surface area contributed by atoms with Crippen LogP contribution in [0, 0.1) is 45.3 Å². The number of carbonyl (C=O) groups excluding carboxylic acids is 1. The van der Waals surface area contributed by atoms with Crippen molar-refractivity contribution in [1.82, 2.24) is 0 Å². The van der Waals surface area contributed by atoms with E-state index in [-0.39, 0.29) is 17.5 Å². The van der Waals surface area contributed by atoms with E-state index in [4.69, 9.17) is 4.74 Å². The highest BCUT2D eigenvalue weighted by molar-refractivity contribution is 5.66. The third-order valence-corrected chi connectivity index (χ3v) is 12.0. The van der Waals surface area contributed by atoms with E-state index in [0.717, 1.165) is 24.7 Å².